The van der Waals surface area contributed by atoms with Crippen LogP contribution in [-0.4, -0.2) is 23.5 Å². The van der Waals surface area contributed by atoms with Crippen LogP contribution in [0.2, 0.25) is 0 Å². The van der Waals surface area contributed by atoms with Crippen molar-refractivity contribution in [3.8, 4) is 0 Å². The number of fused-ring (bicyclic) bond motifs is 1. The van der Waals surface area contributed by atoms with Gasteiger partial charge in [0.15, 0.2) is 0 Å². The predicted octanol–water partition coefficient (Wildman–Crippen LogP) is 3.20. The van der Waals surface area contributed by atoms with Gasteiger partial charge in [0.1, 0.15) is 0 Å². The van der Waals surface area contributed by atoms with Crippen molar-refractivity contribution in [2.45, 2.75) is 51.6 Å². The molecule has 1 aromatic rings. The third kappa shape index (κ3) is 2.40. The number of hydrogen-bond donors (Lipinski definition) is 1. The molecular formula is C18H28N2. The van der Waals surface area contributed by atoms with Crippen molar-refractivity contribution in [2.24, 2.45) is 17.6 Å². The van der Waals surface area contributed by atoms with Crippen LogP contribution in [0.25, 0.3) is 0 Å². The number of hydrogen-bond acceptors (Lipinski definition) is 2. The highest BCUT2D eigenvalue weighted by Gasteiger charge is 2.42. The molecule has 0 saturated heterocycles. The highest BCUT2D eigenvalue weighted by molar-refractivity contribution is 5.29. The lowest BCUT2D eigenvalue weighted by Gasteiger charge is -2.51. The van der Waals surface area contributed by atoms with Gasteiger partial charge in [0.25, 0.3) is 0 Å². The van der Waals surface area contributed by atoms with E-state index in [1.807, 2.05) is 0 Å². The van der Waals surface area contributed by atoms with E-state index in [2.05, 4.69) is 43.0 Å². The Labute approximate surface area is 123 Å². The van der Waals surface area contributed by atoms with Crippen LogP contribution in [0.15, 0.2) is 24.3 Å². The largest absolute Gasteiger partial charge is 0.329 e. The predicted molar refractivity (Wildman–Crippen MR) is 84.5 cm³/mol. The lowest BCUT2D eigenvalue weighted by molar-refractivity contribution is 0.0114. The molecule has 3 atom stereocenters. The van der Waals surface area contributed by atoms with Gasteiger partial charge in [-0.05, 0) is 48.6 Å². The molecule has 1 saturated carbocycles. The molecule has 2 nitrogen and oxygen atoms in total. The number of rotatable bonds is 2. The molecule has 3 rings (SSSR count). The lowest BCUT2D eigenvalue weighted by Crippen LogP contribution is -2.58. The van der Waals surface area contributed by atoms with Gasteiger partial charge in [-0.25, -0.2) is 0 Å². The lowest BCUT2D eigenvalue weighted by atomic mass is 9.70. The zero-order valence-electron chi connectivity index (χ0n) is 12.9. The van der Waals surface area contributed by atoms with Gasteiger partial charge >= 0.3 is 0 Å². The van der Waals surface area contributed by atoms with Crippen LogP contribution >= 0.6 is 0 Å². The van der Waals surface area contributed by atoms with Gasteiger partial charge in [0.2, 0.25) is 0 Å². The summed E-state index contributed by atoms with van der Waals surface area (Å²) in [6.45, 7) is 7.89. The van der Waals surface area contributed by atoms with Gasteiger partial charge in [0.05, 0.1) is 0 Å². The Bertz CT molecular complexity index is 470. The summed E-state index contributed by atoms with van der Waals surface area (Å²) < 4.78 is 0. The monoisotopic (exact) mass is 272 g/mol. The molecule has 0 aromatic heterocycles. The number of nitrogens with two attached hydrogens (primary N) is 1. The molecule has 2 heteroatoms. The Morgan fingerprint density at radius 3 is 2.65 bits per heavy atom. The molecule has 1 aliphatic heterocycles. The number of benzene rings is 1. The molecule has 1 aliphatic carbocycles. The summed E-state index contributed by atoms with van der Waals surface area (Å²) in [6.07, 6.45) is 5.06. The zero-order valence-corrected chi connectivity index (χ0v) is 12.9. The zero-order chi connectivity index (χ0) is 14.2. The maximum absolute atomic E-state index is 6.26. The van der Waals surface area contributed by atoms with Crippen molar-refractivity contribution in [1.82, 2.24) is 4.90 Å². The Morgan fingerprint density at radius 1 is 1.20 bits per heavy atom. The third-order valence-corrected chi connectivity index (χ3v) is 5.92. The van der Waals surface area contributed by atoms with Crippen LogP contribution < -0.4 is 5.73 Å². The summed E-state index contributed by atoms with van der Waals surface area (Å²) in [6, 6.07) is 8.91. The minimum atomic E-state index is 0.249. The van der Waals surface area contributed by atoms with Gasteiger partial charge < -0.3 is 5.73 Å². The Balaban J connectivity index is 1.81. The van der Waals surface area contributed by atoms with Crippen molar-refractivity contribution < 1.29 is 0 Å². The second-order valence-electron chi connectivity index (χ2n) is 7.07. The Hall–Kier alpha value is -0.860. The second kappa shape index (κ2) is 5.50. The SMILES string of the molecule is CC1CCC(CN)(N2CCc3ccccc3C2)CC1C. The van der Waals surface area contributed by atoms with Gasteiger partial charge in [-0.3, -0.25) is 4.90 Å². The summed E-state index contributed by atoms with van der Waals surface area (Å²) in [4.78, 5) is 2.69. The quantitative estimate of drug-likeness (QED) is 0.896. The third-order valence-electron chi connectivity index (χ3n) is 5.92. The fourth-order valence-corrected chi connectivity index (χ4v) is 4.19. The number of nitrogens with zero attached hydrogens (tertiary/aromatic N) is 1. The van der Waals surface area contributed by atoms with E-state index >= 15 is 0 Å². The minimum absolute atomic E-state index is 0.249. The molecule has 3 unspecified atom stereocenters. The molecule has 0 radical (unpaired) electrons. The molecule has 1 aromatic carbocycles. The molecule has 2 aliphatic rings. The van der Waals surface area contributed by atoms with Crippen molar-refractivity contribution >= 4 is 0 Å². The van der Waals surface area contributed by atoms with Gasteiger partial charge in [-0.2, -0.15) is 0 Å². The summed E-state index contributed by atoms with van der Waals surface area (Å²) in [5.41, 5.74) is 9.55. The van der Waals surface area contributed by atoms with E-state index in [0.717, 1.165) is 24.9 Å². The van der Waals surface area contributed by atoms with E-state index in [9.17, 15) is 0 Å². The van der Waals surface area contributed by atoms with Crippen molar-refractivity contribution in [1.29, 1.82) is 0 Å². The fourth-order valence-electron chi connectivity index (χ4n) is 4.19. The van der Waals surface area contributed by atoms with E-state index in [4.69, 9.17) is 5.73 Å². The summed E-state index contributed by atoms with van der Waals surface area (Å²) in [7, 11) is 0. The summed E-state index contributed by atoms with van der Waals surface area (Å²) >= 11 is 0. The molecule has 20 heavy (non-hydrogen) atoms. The summed E-state index contributed by atoms with van der Waals surface area (Å²) in [5, 5.41) is 0. The molecule has 110 valence electrons. The highest BCUT2D eigenvalue weighted by atomic mass is 15.2. The first-order valence-electron chi connectivity index (χ1n) is 8.16. The van der Waals surface area contributed by atoms with Crippen LogP contribution in [0.4, 0.5) is 0 Å². The van der Waals surface area contributed by atoms with Crippen LogP contribution in [0.3, 0.4) is 0 Å². The molecule has 0 spiro atoms. The van der Waals surface area contributed by atoms with Crippen molar-refractivity contribution in [2.75, 3.05) is 13.1 Å². The average Bonchev–Trinajstić information content (AvgIpc) is 2.50. The minimum Gasteiger partial charge on any atom is -0.329 e. The Morgan fingerprint density at radius 2 is 1.95 bits per heavy atom. The first kappa shape index (κ1) is 14.1. The fraction of sp³-hybridized carbons (Fsp3) is 0.667. The molecule has 1 fully saturated rings. The van der Waals surface area contributed by atoms with Crippen LogP contribution in [0, 0.1) is 11.8 Å². The summed E-state index contributed by atoms with van der Waals surface area (Å²) in [5.74, 6) is 1.65. The van der Waals surface area contributed by atoms with Crippen LogP contribution in [-0.2, 0) is 13.0 Å². The van der Waals surface area contributed by atoms with E-state index < -0.39 is 0 Å². The first-order valence-corrected chi connectivity index (χ1v) is 8.16. The maximum atomic E-state index is 6.26. The van der Waals surface area contributed by atoms with E-state index in [1.54, 1.807) is 0 Å². The molecule has 2 N–H and O–H groups in total. The van der Waals surface area contributed by atoms with Crippen LogP contribution in [0.5, 0.6) is 0 Å². The average molecular weight is 272 g/mol. The normalized spacial score (nSPS) is 34.8. The molecule has 1 heterocycles. The maximum Gasteiger partial charge on any atom is 0.0338 e. The van der Waals surface area contributed by atoms with Crippen LogP contribution in [0.1, 0.15) is 44.2 Å². The van der Waals surface area contributed by atoms with Crippen molar-refractivity contribution in [3.05, 3.63) is 35.4 Å². The van der Waals surface area contributed by atoms with Gasteiger partial charge in [0, 0.05) is 25.2 Å². The highest BCUT2D eigenvalue weighted by Crippen LogP contribution is 2.41. The van der Waals surface area contributed by atoms with Crippen molar-refractivity contribution in [3.63, 3.8) is 0 Å². The smallest absolute Gasteiger partial charge is 0.0338 e. The molecule has 0 bridgehead atoms. The van der Waals surface area contributed by atoms with E-state index in [0.29, 0.717) is 0 Å². The van der Waals surface area contributed by atoms with E-state index in [1.165, 1.54) is 43.4 Å². The topological polar surface area (TPSA) is 29.3 Å². The standard InChI is InChI=1S/C18H28N2/c1-14-7-9-18(13-19,11-15(14)2)20-10-8-16-5-3-4-6-17(16)12-20/h3-6,14-15H,7-13,19H2,1-2H3. The molecular weight excluding hydrogens is 244 g/mol. The first-order chi connectivity index (χ1) is 9.64. The van der Waals surface area contributed by atoms with E-state index in [-0.39, 0.29) is 5.54 Å². The molecule has 0 amide bonds. The van der Waals surface area contributed by atoms with Gasteiger partial charge in [-0.1, -0.05) is 38.1 Å². The van der Waals surface area contributed by atoms with Gasteiger partial charge in [-0.15, -0.1) is 0 Å². The Kier molecular flexibility index (Phi) is 3.87. The second-order valence-corrected chi connectivity index (χ2v) is 7.07.